The van der Waals surface area contributed by atoms with Crippen LogP contribution in [0.25, 0.3) is 0 Å². The fraction of sp³-hybridized carbons (Fsp3) is 0.333. The van der Waals surface area contributed by atoms with Gasteiger partial charge < -0.3 is 15.5 Å². The predicted molar refractivity (Wildman–Crippen MR) is 78.7 cm³/mol. The van der Waals surface area contributed by atoms with Crippen LogP contribution in [0.1, 0.15) is 0 Å². The summed E-state index contributed by atoms with van der Waals surface area (Å²) in [4.78, 5) is 24.1. The number of rotatable bonds is 3. The highest BCUT2D eigenvalue weighted by atomic mass is 35.5. The number of amides is 2. The smallest absolute Gasteiger partial charge is 0.279 e. The number of carbonyl (C=O) groups excluding carboxylic acids is 2. The van der Waals surface area contributed by atoms with E-state index in [1.54, 1.807) is 0 Å². The van der Waals surface area contributed by atoms with Crippen molar-refractivity contribution in [3.63, 3.8) is 0 Å². The Labute approximate surface area is 131 Å². The molecule has 1 aromatic carbocycles. The summed E-state index contributed by atoms with van der Waals surface area (Å²) in [6, 6.07) is 2.98. The number of benzene rings is 1. The van der Waals surface area contributed by atoms with Crippen molar-refractivity contribution in [3.8, 4) is 0 Å². The summed E-state index contributed by atoms with van der Waals surface area (Å²) in [5, 5.41) is 6.35. The van der Waals surface area contributed by atoms with Crippen molar-refractivity contribution in [1.29, 1.82) is 0 Å². The molecule has 0 aliphatic carbocycles. The molecule has 1 heterocycles. The molecule has 0 saturated carbocycles. The molecule has 20 heavy (non-hydrogen) atoms. The van der Waals surface area contributed by atoms with Gasteiger partial charge >= 0.3 is 0 Å². The van der Waals surface area contributed by atoms with Gasteiger partial charge in [0.2, 0.25) is 0 Å². The normalized spacial score (nSPS) is 18.6. The summed E-state index contributed by atoms with van der Waals surface area (Å²) in [6.07, 6.45) is 0. The molecule has 3 N–H and O–H groups in total. The first-order valence-electron chi connectivity index (χ1n) is 6.00. The second-order valence-corrected chi connectivity index (χ2v) is 5.72. The van der Waals surface area contributed by atoms with Gasteiger partial charge in [0.25, 0.3) is 11.8 Å². The van der Waals surface area contributed by atoms with E-state index in [9.17, 15) is 9.59 Å². The number of carbonyl (C=O) groups is 2. The molecule has 0 spiro atoms. The maximum atomic E-state index is 11.9. The van der Waals surface area contributed by atoms with Crippen LogP contribution < -0.4 is 15.5 Å². The van der Waals surface area contributed by atoms with Gasteiger partial charge in [-0.25, -0.2) is 0 Å². The first kappa shape index (κ1) is 15.4. The van der Waals surface area contributed by atoms with Crippen LogP contribution in [0.2, 0.25) is 15.1 Å². The highest BCUT2D eigenvalue weighted by Gasteiger charge is 2.22. The third-order valence-electron chi connectivity index (χ3n) is 2.91. The van der Waals surface area contributed by atoms with Gasteiger partial charge in [-0.05, 0) is 12.1 Å². The van der Waals surface area contributed by atoms with Crippen molar-refractivity contribution < 1.29 is 14.5 Å². The maximum absolute atomic E-state index is 11.9. The summed E-state index contributed by atoms with van der Waals surface area (Å²) < 4.78 is 0. The van der Waals surface area contributed by atoms with Gasteiger partial charge in [0.05, 0.1) is 33.8 Å². The number of anilines is 1. The molecule has 108 valence electrons. The van der Waals surface area contributed by atoms with E-state index in [4.69, 9.17) is 34.8 Å². The van der Waals surface area contributed by atoms with Crippen LogP contribution >= 0.6 is 34.8 Å². The first-order chi connectivity index (χ1) is 9.45. The number of hydrogen-bond acceptors (Lipinski definition) is 2. The van der Waals surface area contributed by atoms with Gasteiger partial charge in [0.15, 0.2) is 13.1 Å². The Bertz CT molecular complexity index is 551. The van der Waals surface area contributed by atoms with Crippen LogP contribution in [-0.2, 0) is 9.59 Å². The molecule has 5 nitrogen and oxygen atoms in total. The van der Waals surface area contributed by atoms with Gasteiger partial charge in [-0.1, -0.05) is 34.8 Å². The third-order valence-corrected chi connectivity index (χ3v) is 3.94. The molecule has 0 bridgehead atoms. The van der Waals surface area contributed by atoms with Crippen LogP contribution in [0.15, 0.2) is 12.1 Å². The molecular formula is C12H13Cl3N3O2+. The molecular weight excluding hydrogens is 325 g/mol. The Morgan fingerprint density at radius 3 is 2.65 bits per heavy atom. The predicted octanol–water partition coefficient (Wildman–Crippen LogP) is 0.600. The number of hydrogen-bond donors (Lipinski definition) is 3. The molecule has 0 aromatic heterocycles. The molecule has 1 saturated heterocycles. The van der Waals surface area contributed by atoms with E-state index in [0.29, 0.717) is 40.4 Å². The van der Waals surface area contributed by atoms with Gasteiger partial charge in [-0.15, -0.1) is 0 Å². The van der Waals surface area contributed by atoms with Crippen molar-refractivity contribution >= 4 is 52.3 Å². The topological polar surface area (TPSA) is 62.6 Å². The van der Waals surface area contributed by atoms with E-state index < -0.39 is 0 Å². The van der Waals surface area contributed by atoms with Crippen molar-refractivity contribution in [2.75, 3.05) is 31.5 Å². The van der Waals surface area contributed by atoms with Crippen molar-refractivity contribution in [2.24, 2.45) is 0 Å². The molecule has 0 radical (unpaired) electrons. The molecule has 1 unspecified atom stereocenters. The minimum absolute atomic E-state index is 0.0494. The summed E-state index contributed by atoms with van der Waals surface area (Å²) in [6.45, 7) is 1.79. The average Bonchev–Trinajstić information content (AvgIpc) is 2.36. The monoisotopic (exact) mass is 336 g/mol. The summed E-state index contributed by atoms with van der Waals surface area (Å²) in [7, 11) is 0. The lowest BCUT2D eigenvalue weighted by molar-refractivity contribution is -0.885. The fourth-order valence-electron chi connectivity index (χ4n) is 1.95. The highest BCUT2D eigenvalue weighted by Crippen LogP contribution is 2.32. The zero-order valence-corrected chi connectivity index (χ0v) is 12.7. The van der Waals surface area contributed by atoms with E-state index in [-0.39, 0.29) is 18.4 Å². The van der Waals surface area contributed by atoms with E-state index in [0.717, 1.165) is 4.90 Å². The molecule has 1 aliphatic rings. The maximum Gasteiger partial charge on any atom is 0.279 e. The molecule has 1 aliphatic heterocycles. The fourth-order valence-corrected chi connectivity index (χ4v) is 2.54. The van der Waals surface area contributed by atoms with Gasteiger partial charge in [0, 0.05) is 0 Å². The molecule has 2 rings (SSSR count). The zero-order valence-electron chi connectivity index (χ0n) is 10.4. The van der Waals surface area contributed by atoms with E-state index in [1.807, 2.05) is 0 Å². The van der Waals surface area contributed by atoms with Gasteiger partial charge in [-0.2, -0.15) is 0 Å². The van der Waals surface area contributed by atoms with Crippen LogP contribution in [-0.4, -0.2) is 38.0 Å². The summed E-state index contributed by atoms with van der Waals surface area (Å²) in [5.74, 6) is -0.276. The number of nitrogens with one attached hydrogen (secondary N) is 3. The molecule has 1 fully saturated rings. The third kappa shape index (κ3) is 3.99. The Hall–Kier alpha value is -1.01. The second kappa shape index (κ2) is 6.63. The van der Waals surface area contributed by atoms with Gasteiger partial charge in [-0.3, -0.25) is 9.59 Å². The van der Waals surface area contributed by atoms with E-state index in [1.165, 1.54) is 12.1 Å². The quantitative estimate of drug-likeness (QED) is 0.707. The zero-order chi connectivity index (χ0) is 14.7. The van der Waals surface area contributed by atoms with Crippen LogP contribution in [0, 0.1) is 0 Å². The van der Waals surface area contributed by atoms with Gasteiger partial charge in [0.1, 0.15) is 0 Å². The second-order valence-electron chi connectivity index (χ2n) is 4.50. The summed E-state index contributed by atoms with van der Waals surface area (Å²) >= 11 is 17.7. The van der Waals surface area contributed by atoms with Crippen LogP contribution in [0.4, 0.5) is 5.69 Å². The Morgan fingerprint density at radius 1 is 1.25 bits per heavy atom. The average molecular weight is 338 g/mol. The Morgan fingerprint density at radius 2 is 1.95 bits per heavy atom. The van der Waals surface area contributed by atoms with E-state index in [2.05, 4.69) is 10.6 Å². The number of halogens is 3. The molecule has 8 heteroatoms. The lowest BCUT2D eigenvalue weighted by atomic mass is 10.3. The Kier molecular flexibility index (Phi) is 5.10. The number of piperazine rings is 1. The Balaban J connectivity index is 1.97. The summed E-state index contributed by atoms with van der Waals surface area (Å²) in [5.41, 5.74) is 0.409. The SMILES string of the molecule is O=C1C[NH+](CC(=O)Nc2cc(Cl)c(Cl)cc2Cl)CCN1. The first-order valence-corrected chi connectivity index (χ1v) is 7.14. The van der Waals surface area contributed by atoms with Crippen LogP contribution in [0.3, 0.4) is 0 Å². The van der Waals surface area contributed by atoms with Crippen molar-refractivity contribution in [1.82, 2.24) is 5.32 Å². The largest absolute Gasteiger partial charge is 0.346 e. The lowest BCUT2D eigenvalue weighted by Gasteiger charge is -2.23. The van der Waals surface area contributed by atoms with Crippen molar-refractivity contribution in [2.45, 2.75) is 0 Å². The van der Waals surface area contributed by atoms with E-state index >= 15 is 0 Å². The molecule has 1 atom stereocenters. The van der Waals surface area contributed by atoms with Crippen molar-refractivity contribution in [3.05, 3.63) is 27.2 Å². The minimum Gasteiger partial charge on any atom is -0.346 e. The molecule has 2 amide bonds. The van der Waals surface area contributed by atoms with Crippen LogP contribution in [0.5, 0.6) is 0 Å². The highest BCUT2D eigenvalue weighted by molar-refractivity contribution is 6.44. The minimum atomic E-state index is -0.227. The number of quaternary nitrogens is 1. The molecule has 1 aromatic rings. The lowest BCUT2D eigenvalue weighted by Crippen LogP contribution is -3.16. The standard InChI is InChI=1S/C12H12Cl3N3O2/c13-7-3-9(15)10(4-8(7)14)17-12(20)6-18-2-1-16-11(19)5-18/h3-4H,1-2,5-6H2,(H,16,19)(H,17,20)/p+1.